The third kappa shape index (κ3) is 22.9. The fourth-order valence-electron chi connectivity index (χ4n) is 4.74. The van der Waals surface area contributed by atoms with E-state index in [0.29, 0.717) is 32.4 Å². The summed E-state index contributed by atoms with van der Waals surface area (Å²) in [5, 5.41) is 27.5. The van der Waals surface area contributed by atoms with Crippen LogP contribution in [0.25, 0.3) is 0 Å². The second-order valence-corrected chi connectivity index (χ2v) is 14.4. The number of carboxylic acids is 1. The van der Waals surface area contributed by atoms with Gasteiger partial charge in [-0.2, -0.15) is 19.2 Å². The zero-order valence-electron chi connectivity index (χ0n) is 31.3. The molecule has 0 radical (unpaired) electrons. The molecule has 0 saturated heterocycles. The van der Waals surface area contributed by atoms with E-state index >= 15 is 0 Å². The molecule has 0 unspecified atom stereocenters. The maximum Gasteiger partial charge on any atom is 0.567 e. The topological polar surface area (TPSA) is 436 Å². The molecule has 5 amide bonds. The smallest absolute Gasteiger partial charge is 0.480 e. The molecule has 0 aliphatic heterocycles. The lowest BCUT2D eigenvalue weighted by molar-refractivity contribution is -0.398. The van der Waals surface area contributed by atoms with Crippen LogP contribution in [0.2, 0.25) is 0 Å². The predicted molar refractivity (Wildman–Crippen MR) is 194 cm³/mol. The average molecular weight is 803 g/mol. The van der Waals surface area contributed by atoms with E-state index in [9.17, 15) is 48.6 Å². The standard InChI is InChI=1S/C29H62N13O11P/c1-15(2)21(27(48)49)42-26(47)20(14-53-54(50,51)52)41-25(46)17(8-4-5-11-30)39-24(45)19(10-7-13-37-29(34)35)40-23(44)18(38-22(43)16(3)31)9-6-12-36-28(32)33/h15-21,28-29,36-37,50-52H,4-14,30-35H2,1-3H3,(H5-,38,39,40,41,42,43,44,45,46,47,48,49)/p+3/t16-,17-,18-,19-,20-,21-/m0/s1. The Bertz CT molecular complexity index is 1180. The Morgan fingerprint density at radius 3 is 1.37 bits per heavy atom. The SMILES string of the molecule is CC(C)[C@H](NC(=O)[C@H](CO[P+](O)(O)O)NC(=O)[C@H](CCCC[NH3+])NC(=O)[C@H](CCCNC(N)N)NC(=O)[C@H](CCCNC(N)N)NC(=O)[C@H](C)[NH3+])C(=O)O. The minimum absolute atomic E-state index is 0.0143. The molecule has 0 aliphatic rings. The van der Waals surface area contributed by atoms with Crippen LogP contribution in [-0.2, 0) is 33.3 Å². The molecule has 0 spiro atoms. The van der Waals surface area contributed by atoms with E-state index < -0.39 is 105 Å². The number of nitrogens with two attached hydrogens (primary N) is 4. The van der Waals surface area contributed by atoms with Crippen molar-refractivity contribution in [2.45, 2.75) is 115 Å². The van der Waals surface area contributed by atoms with Crippen LogP contribution in [0.4, 0.5) is 0 Å². The minimum atomic E-state index is -4.91. The number of amides is 5. The van der Waals surface area contributed by atoms with Gasteiger partial charge in [0, 0.05) is 0 Å². The number of quaternary nitrogens is 2. The molecule has 0 heterocycles. The summed E-state index contributed by atoms with van der Waals surface area (Å²) in [6.07, 6.45) is 0.0233. The van der Waals surface area contributed by atoms with Crippen molar-refractivity contribution in [3.8, 4) is 0 Å². The number of nitrogens with one attached hydrogen (secondary N) is 7. The van der Waals surface area contributed by atoms with Crippen LogP contribution in [0.5, 0.6) is 0 Å². The fraction of sp³-hybridized carbons (Fsp3) is 0.793. The van der Waals surface area contributed by atoms with Crippen molar-refractivity contribution in [1.82, 2.24) is 37.2 Å². The van der Waals surface area contributed by atoms with E-state index in [1.165, 1.54) is 20.8 Å². The lowest BCUT2D eigenvalue weighted by Crippen LogP contribution is -2.67. The van der Waals surface area contributed by atoms with Gasteiger partial charge in [-0.15, -0.1) is 0 Å². The van der Waals surface area contributed by atoms with E-state index in [-0.39, 0.29) is 32.2 Å². The van der Waals surface area contributed by atoms with Crippen LogP contribution in [0.15, 0.2) is 0 Å². The molecule has 6 atom stereocenters. The molecule has 0 aliphatic carbocycles. The third-order valence-electron chi connectivity index (χ3n) is 7.72. The van der Waals surface area contributed by atoms with Gasteiger partial charge in [0.05, 0.1) is 6.54 Å². The fourth-order valence-corrected chi connectivity index (χ4v) is 5.09. The average Bonchev–Trinajstić information content (AvgIpc) is 3.06. The number of rotatable bonds is 29. The Hall–Kier alpha value is -3.23. The number of carbonyl (C=O) groups is 6. The summed E-state index contributed by atoms with van der Waals surface area (Å²) >= 11 is 0. The molecule has 0 bridgehead atoms. The van der Waals surface area contributed by atoms with Gasteiger partial charge in [0.25, 0.3) is 5.91 Å². The van der Waals surface area contributed by atoms with Gasteiger partial charge in [0.1, 0.15) is 49.4 Å². The Balaban J connectivity index is 6.40. The molecular weight excluding hydrogens is 737 g/mol. The largest absolute Gasteiger partial charge is 0.567 e. The van der Waals surface area contributed by atoms with Gasteiger partial charge in [-0.3, -0.25) is 34.6 Å². The summed E-state index contributed by atoms with van der Waals surface area (Å²) in [7, 11) is -4.91. The van der Waals surface area contributed by atoms with Crippen molar-refractivity contribution in [2.75, 3.05) is 26.2 Å². The van der Waals surface area contributed by atoms with Crippen LogP contribution >= 0.6 is 8.17 Å². The van der Waals surface area contributed by atoms with Crippen LogP contribution < -0.4 is 71.6 Å². The highest BCUT2D eigenvalue weighted by Gasteiger charge is 2.38. The molecule has 314 valence electrons. The van der Waals surface area contributed by atoms with Crippen LogP contribution in [-0.4, -0.2) is 130 Å². The van der Waals surface area contributed by atoms with Crippen LogP contribution in [0.1, 0.15) is 65.7 Å². The molecule has 0 fully saturated rings. The lowest BCUT2D eigenvalue weighted by atomic mass is 10.0. The second kappa shape index (κ2) is 26.6. The molecule has 0 aromatic rings. The molecule has 0 saturated carbocycles. The summed E-state index contributed by atoms with van der Waals surface area (Å²) in [5.41, 5.74) is 29.6. The molecule has 24 nitrogen and oxygen atoms in total. The Labute approximate surface area is 315 Å². The normalized spacial score (nSPS) is 15.2. The first-order valence-electron chi connectivity index (χ1n) is 17.7. The number of unbranched alkanes of at least 4 members (excludes halogenated alkanes) is 1. The predicted octanol–water partition coefficient (Wildman–Crippen LogP) is -7.99. The number of aliphatic carboxylic acids is 1. The summed E-state index contributed by atoms with van der Waals surface area (Å²) in [6, 6.07) is -7.59. The van der Waals surface area contributed by atoms with E-state index in [4.69, 9.17) is 22.9 Å². The van der Waals surface area contributed by atoms with Crippen molar-refractivity contribution in [3.63, 3.8) is 0 Å². The second-order valence-electron chi connectivity index (χ2n) is 13.1. The Morgan fingerprint density at radius 2 is 1.02 bits per heavy atom. The first-order chi connectivity index (χ1) is 25.1. The Morgan fingerprint density at radius 1 is 0.630 bits per heavy atom. The molecule has 25 heteroatoms. The monoisotopic (exact) mass is 802 g/mol. The summed E-state index contributed by atoms with van der Waals surface area (Å²) in [6.45, 7) is 4.63. The molecule has 0 rings (SSSR count). The molecule has 0 aromatic heterocycles. The highest BCUT2D eigenvalue weighted by molar-refractivity contribution is 7.53. The minimum Gasteiger partial charge on any atom is -0.480 e. The van der Waals surface area contributed by atoms with E-state index in [0.717, 1.165) is 0 Å². The molecule has 25 N–H and O–H groups in total. The van der Waals surface area contributed by atoms with E-state index in [1.54, 1.807) is 0 Å². The first-order valence-corrected chi connectivity index (χ1v) is 19.2. The van der Waals surface area contributed by atoms with Crippen molar-refractivity contribution < 1.29 is 64.5 Å². The van der Waals surface area contributed by atoms with Gasteiger partial charge in [0.15, 0.2) is 6.04 Å². The van der Waals surface area contributed by atoms with Crippen molar-refractivity contribution in [2.24, 2.45) is 28.9 Å². The van der Waals surface area contributed by atoms with Crippen molar-refractivity contribution in [3.05, 3.63) is 0 Å². The van der Waals surface area contributed by atoms with Gasteiger partial charge in [-0.25, -0.2) is 4.79 Å². The number of carbonyl (C=O) groups excluding carboxylic acids is 5. The summed E-state index contributed by atoms with van der Waals surface area (Å²) in [4.78, 5) is 107. The van der Waals surface area contributed by atoms with Gasteiger partial charge in [0.2, 0.25) is 23.6 Å². The maximum atomic E-state index is 13.8. The highest BCUT2D eigenvalue weighted by Crippen LogP contribution is 2.45. The summed E-state index contributed by atoms with van der Waals surface area (Å²) < 4.78 is 4.58. The van der Waals surface area contributed by atoms with Crippen LogP contribution in [0.3, 0.4) is 0 Å². The van der Waals surface area contributed by atoms with Gasteiger partial charge in [-0.1, -0.05) is 13.8 Å². The Kier molecular flexibility index (Phi) is 25.0. The van der Waals surface area contributed by atoms with Gasteiger partial charge < -0.3 is 66.1 Å². The summed E-state index contributed by atoms with van der Waals surface area (Å²) in [5.74, 6) is -6.06. The number of hydrogen-bond acceptors (Lipinski definition) is 16. The molecule has 54 heavy (non-hydrogen) atoms. The zero-order chi connectivity index (χ0) is 41.6. The molecular formula is C29H65N13O11P+3. The zero-order valence-corrected chi connectivity index (χ0v) is 32.2. The lowest BCUT2D eigenvalue weighted by Gasteiger charge is -2.27. The number of carboxylic acid groups (broad SMARTS) is 1. The van der Waals surface area contributed by atoms with E-state index in [2.05, 4.69) is 53.2 Å². The van der Waals surface area contributed by atoms with Gasteiger partial charge >= 0.3 is 14.1 Å². The quantitative estimate of drug-likeness (QED) is 0.0190. The van der Waals surface area contributed by atoms with Crippen molar-refractivity contribution >= 4 is 43.7 Å². The third-order valence-corrected chi connectivity index (χ3v) is 8.21. The van der Waals surface area contributed by atoms with E-state index in [1.807, 2.05) is 0 Å². The number of hydrogen-bond donors (Lipinski definition) is 17. The maximum absolute atomic E-state index is 13.8. The van der Waals surface area contributed by atoms with Crippen LogP contribution in [0, 0.1) is 5.92 Å². The first kappa shape index (κ1) is 50.8. The molecule has 0 aromatic carbocycles. The van der Waals surface area contributed by atoms with Gasteiger partial charge in [-0.05, 0) is 70.9 Å². The highest BCUT2D eigenvalue weighted by atomic mass is 31.2. The van der Waals surface area contributed by atoms with Crippen molar-refractivity contribution in [1.29, 1.82) is 0 Å².